The zero-order chi connectivity index (χ0) is 12.1. The number of anilines is 1. The van der Waals surface area contributed by atoms with Crippen LogP contribution in [0.5, 0.6) is 0 Å². The van der Waals surface area contributed by atoms with Crippen molar-refractivity contribution in [2.45, 2.75) is 19.4 Å². The van der Waals surface area contributed by atoms with Crippen molar-refractivity contribution in [3.8, 4) is 0 Å². The van der Waals surface area contributed by atoms with Crippen LogP contribution in [0.25, 0.3) is 0 Å². The number of hydrogen-bond donors (Lipinski definition) is 2. The van der Waals surface area contributed by atoms with E-state index >= 15 is 0 Å². The van der Waals surface area contributed by atoms with Gasteiger partial charge >= 0.3 is 0 Å². The van der Waals surface area contributed by atoms with Crippen molar-refractivity contribution < 1.29 is 0 Å². The van der Waals surface area contributed by atoms with Gasteiger partial charge in [0, 0.05) is 12.4 Å². The summed E-state index contributed by atoms with van der Waals surface area (Å²) in [6.07, 6.45) is 3.98. The molecule has 88 valence electrons. The summed E-state index contributed by atoms with van der Waals surface area (Å²) >= 11 is 0. The molecule has 2 aromatic rings. The molecule has 0 saturated carbocycles. The molecule has 0 fully saturated rings. The molecule has 0 aliphatic heterocycles. The van der Waals surface area contributed by atoms with Gasteiger partial charge in [0.25, 0.3) is 5.56 Å². The molecule has 0 radical (unpaired) electrons. The van der Waals surface area contributed by atoms with E-state index in [1.807, 2.05) is 30.3 Å². The lowest BCUT2D eigenvalue weighted by atomic mass is 10.1. The van der Waals surface area contributed by atoms with Gasteiger partial charge in [-0.3, -0.25) is 4.79 Å². The second-order valence-electron chi connectivity index (χ2n) is 3.78. The molecule has 1 heterocycles. The van der Waals surface area contributed by atoms with Crippen LogP contribution in [0.15, 0.2) is 47.5 Å². The molecule has 1 aromatic heterocycles. The minimum Gasteiger partial charge on any atom is -0.359 e. The van der Waals surface area contributed by atoms with Gasteiger partial charge in [-0.05, 0) is 12.0 Å². The molecule has 0 amide bonds. The Hall–Kier alpha value is -2.10. The fraction of sp³-hybridized carbons (Fsp3) is 0.231. The lowest BCUT2D eigenvalue weighted by Gasteiger charge is -2.17. The molecule has 0 aliphatic carbocycles. The van der Waals surface area contributed by atoms with Crippen LogP contribution in [0.4, 0.5) is 5.82 Å². The Morgan fingerprint density at radius 3 is 2.76 bits per heavy atom. The first-order valence-corrected chi connectivity index (χ1v) is 5.66. The zero-order valence-corrected chi connectivity index (χ0v) is 9.68. The van der Waals surface area contributed by atoms with Crippen LogP contribution < -0.4 is 10.9 Å². The van der Waals surface area contributed by atoms with E-state index in [-0.39, 0.29) is 11.6 Å². The third-order valence-corrected chi connectivity index (χ3v) is 2.63. The highest BCUT2D eigenvalue weighted by Gasteiger charge is 2.10. The molecule has 0 saturated heterocycles. The van der Waals surface area contributed by atoms with E-state index in [0.29, 0.717) is 5.82 Å². The SMILES string of the molecule is CCC(Nc1ncc[nH]c1=O)c1ccccc1. The number of benzene rings is 1. The summed E-state index contributed by atoms with van der Waals surface area (Å²) in [5.74, 6) is 0.364. The third kappa shape index (κ3) is 2.72. The monoisotopic (exact) mass is 229 g/mol. The minimum absolute atomic E-state index is 0.104. The predicted molar refractivity (Wildman–Crippen MR) is 68.0 cm³/mol. The summed E-state index contributed by atoms with van der Waals surface area (Å²) in [6, 6.07) is 10.1. The van der Waals surface area contributed by atoms with Crippen LogP contribution >= 0.6 is 0 Å². The number of rotatable bonds is 4. The summed E-state index contributed by atoms with van der Waals surface area (Å²) in [4.78, 5) is 18.2. The maximum atomic E-state index is 11.5. The van der Waals surface area contributed by atoms with Gasteiger partial charge in [0.2, 0.25) is 0 Å². The highest BCUT2D eigenvalue weighted by atomic mass is 16.1. The molecular formula is C13H15N3O. The van der Waals surface area contributed by atoms with Crippen LogP contribution in [0, 0.1) is 0 Å². The Labute approximate surface area is 99.7 Å². The van der Waals surface area contributed by atoms with E-state index in [1.165, 1.54) is 6.20 Å². The molecule has 2 N–H and O–H groups in total. The molecule has 1 unspecified atom stereocenters. The smallest absolute Gasteiger partial charge is 0.290 e. The average Bonchev–Trinajstić information content (AvgIpc) is 2.39. The van der Waals surface area contributed by atoms with Crippen LogP contribution in [-0.2, 0) is 0 Å². The van der Waals surface area contributed by atoms with Gasteiger partial charge < -0.3 is 10.3 Å². The van der Waals surface area contributed by atoms with E-state index in [4.69, 9.17) is 0 Å². The molecular weight excluding hydrogens is 214 g/mol. The van der Waals surface area contributed by atoms with E-state index in [2.05, 4.69) is 22.2 Å². The summed E-state index contributed by atoms with van der Waals surface area (Å²) in [7, 11) is 0. The molecule has 4 nitrogen and oxygen atoms in total. The van der Waals surface area contributed by atoms with Crippen molar-refractivity contribution in [2.75, 3.05) is 5.32 Å². The quantitative estimate of drug-likeness (QED) is 0.846. The molecule has 1 atom stereocenters. The van der Waals surface area contributed by atoms with Crippen molar-refractivity contribution in [3.63, 3.8) is 0 Å². The summed E-state index contributed by atoms with van der Waals surface area (Å²) in [6.45, 7) is 2.07. The molecule has 0 bridgehead atoms. The highest BCUT2D eigenvalue weighted by Crippen LogP contribution is 2.19. The lowest BCUT2D eigenvalue weighted by molar-refractivity contribution is 0.741. The standard InChI is InChI=1S/C13H15N3O/c1-2-11(10-6-4-3-5-7-10)16-12-13(17)15-9-8-14-12/h3-9,11H,2H2,1H3,(H,14,16)(H,15,17). The van der Waals surface area contributed by atoms with Gasteiger partial charge in [-0.15, -0.1) is 0 Å². The van der Waals surface area contributed by atoms with Gasteiger partial charge in [0.15, 0.2) is 5.82 Å². The Morgan fingerprint density at radius 2 is 2.12 bits per heavy atom. The number of aromatic nitrogens is 2. The Kier molecular flexibility index (Phi) is 3.55. The molecule has 0 aliphatic rings. The van der Waals surface area contributed by atoms with Gasteiger partial charge in [0.05, 0.1) is 6.04 Å². The first-order valence-electron chi connectivity index (χ1n) is 5.66. The molecule has 1 aromatic carbocycles. The topological polar surface area (TPSA) is 57.8 Å². The third-order valence-electron chi connectivity index (χ3n) is 2.63. The lowest BCUT2D eigenvalue weighted by Crippen LogP contribution is -2.19. The van der Waals surface area contributed by atoms with Crippen molar-refractivity contribution in [1.29, 1.82) is 0 Å². The van der Waals surface area contributed by atoms with Gasteiger partial charge in [-0.2, -0.15) is 0 Å². The molecule has 2 rings (SSSR count). The number of nitrogens with one attached hydrogen (secondary N) is 2. The van der Waals surface area contributed by atoms with E-state index < -0.39 is 0 Å². The fourth-order valence-electron chi connectivity index (χ4n) is 1.73. The largest absolute Gasteiger partial charge is 0.359 e. The van der Waals surface area contributed by atoms with Gasteiger partial charge in [-0.1, -0.05) is 37.3 Å². The van der Waals surface area contributed by atoms with Crippen LogP contribution in [0.1, 0.15) is 24.9 Å². The number of aromatic amines is 1. The Balaban J connectivity index is 2.22. The number of nitrogens with zero attached hydrogens (tertiary/aromatic N) is 1. The Morgan fingerprint density at radius 1 is 1.35 bits per heavy atom. The number of H-pyrrole nitrogens is 1. The summed E-state index contributed by atoms with van der Waals surface area (Å²) in [5.41, 5.74) is 0.960. The first-order chi connectivity index (χ1) is 8.31. The fourth-order valence-corrected chi connectivity index (χ4v) is 1.73. The van der Waals surface area contributed by atoms with Gasteiger partial charge in [-0.25, -0.2) is 4.98 Å². The van der Waals surface area contributed by atoms with Gasteiger partial charge in [0.1, 0.15) is 0 Å². The molecule has 4 heteroatoms. The second kappa shape index (κ2) is 5.30. The van der Waals surface area contributed by atoms with Crippen molar-refractivity contribution in [2.24, 2.45) is 0 Å². The summed E-state index contributed by atoms with van der Waals surface area (Å²) < 4.78 is 0. The van der Waals surface area contributed by atoms with E-state index in [1.54, 1.807) is 6.20 Å². The predicted octanol–water partition coefficient (Wildman–Crippen LogP) is 2.33. The zero-order valence-electron chi connectivity index (χ0n) is 9.68. The number of hydrogen-bond acceptors (Lipinski definition) is 3. The maximum absolute atomic E-state index is 11.5. The first kappa shape index (κ1) is 11.4. The summed E-state index contributed by atoms with van der Waals surface area (Å²) in [5, 5.41) is 3.16. The Bertz CT molecular complexity index is 521. The van der Waals surface area contributed by atoms with Crippen LogP contribution in [-0.4, -0.2) is 9.97 Å². The molecule has 0 spiro atoms. The van der Waals surface area contributed by atoms with Crippen molar-refractivity contribution in [3.05, 3.63) is 58.6 Å². The minimum atomic E-state index is -0.193. The maximum Gasteiger partial charge on any atom is 0.290 e. The second-order valence-corrected chi connectivity index (χ2v) is 3.78. The normalized spacial score (nSPS) is 12.1. The van der Waals surface area contributed by atoms with Crippen LogP contribution in [0.2, 0.25) is 0 Å². The van der Waals surface area contributed by atoms with Crippen LogP contribution in [0.3, 0.4) is 0 Å². The van der Waals surface area contributed by atoms with E-state index in [9.17, 15) is 4.79 Å². The molecule has 17 heavy (non-hydrogen) atoms. The highest BCUT2D eigenvalue weighted by molar-refractivity contribution is 5.35. The van der Waals surface area contributed by atoms with E-state index in [0.717, 1.165) is 12.0 Å². The average molecular weight is 229 g/mol. The van der Waals surface area contributed by atoms with Crippen molar-refractivity contribution >= 4 is 5.82 Å². The van der Waals surface area contributed by atoms with Crippen molar-refractivity contribution in [1.82, 2.24) is 9.97 Å².